The first kappa shape index (κ1) is 75.9. The average molecular weight is 1140 g/mol. The van der Waals surface area contributed by atoms with Crippen LogP contribution < -0.4 is 5.32 Å². The lowest BCUT2D eigenvalue weighted by Gasteiger charge is -2.41. The Kier molecular flexibility index (Phi) is 53.8. The van der Waals surface area contributed by atoms with Crippen molar-refractivity contribution in [3.05, 3.63) is 12.2 Å². The normalized spacial score (nSPS) is 18.7. The fraction of sp³-hybridized carbons (Fsp3) is 0.955. The molecule has 470 valence electrons. The van der Waals surface area contributed by atoms with Crippen LogP contribution in [-0.4, -0.2) is 95.4 Å². The number of unbranched alkanes of at least 4 members (excludes halogenated alkanes) is 49. The summed E-state index contributed by atoms with van der Waals surface area (Å²) in [5, 5.41) is 45.1. The van der Waals surface area contributed by atoms with Crippen LogP contribution in [-0.2, 0) is 28.9 Å². The molecule has 1 amide bonds. The van der Waals surface area contributed by atoms with Gasteiger partial charge in [0.25, 0.3) is 0 Å². The fourth-order valence-corrected chi connectivity index (χ4v) is 11.9. The van der Waals surface area contributed by atoms with E-state index >= 15 is 0 Å². The van der Waals surface area contributed by atoms with Gasteiger partial charge < -0.3 is 35.2 Å². The summed E-state index contributed by atoms with van der Waals surface area (Å²) in [6.07, 6.45) is 61.6. The summed E-state index contributed by atoms with van der Waals surface area (Å²) in [5.41, 5.74) is 0. The minimum atomic E-state index is -5.09. The van der Waals surface area contributed by atoms with E-state index in [9.17, 15) is 38.2 Å². The van der Waals surface area contributed by atoms with Crippen molar-refractivity contribution >= 4 is 16.3 Å². The van der Waals surface area contributed by atoms with Crippen molar-refractivity contribution in [1.82, 2.24) is 5.32 Å². The van der Waals surface area contributed by atoms with Gasteiger partial charge in [-0.1, -0.05) is 334 Å². The highest BCUT2D eigenvalue weighted by molar-refractivity contribution is 7.80. The third-order valence-electron chi connectivity index (χ3n) is 16.6. The van der Waals surface area contributed by atoms with Gasteiger partial charge in [-0.15, -0.1) is 0 Å². The third-order valence-corrected chi connectivity index (χ3v) is 17.0. The highest BCUT2D eigenvalue weighted by Crippen LogP contribution is 2.26. The van der Waals surface area contributed by atoms with Gasteiger partial charge in [0.05, 0.1) is 25.4 Å². The Hall–Kier alpha value is -1.16. The zero-order valence-electron chi connectivity index (χ0n) is 51.5. The molecule has 0 aliphatic carbocycles. The summed E-state index contributed by atoms with van der Waals surface area (Å²) in [4.78, 5) is 13.2. The molecule has 7 unspecified atom stereocenters. The molecule has 7 atom stereocenters. The predicted octanol–water partition coefficient (Wildman–Crippen LogP) is 17.4. The molecular formula is C66H129NO11S. The Balaban J connectivity index is 2.18. The molecule has 1 saturated heterocycles. The lowest BCUT2D eigenvalue weighted by Crippen LogP contribution is -2.61. The molecule has 0 aromatic rings. The second-order valence-corrected chi connectivity index (χ2v) is 25.2. The Morgan fingerprint density at radius 3 is 1.10 bits per heavy atom. The van der Waals surface area contributed by atoms with E-state index in [4.69, 9.17) is 9.47 Å². The quantitative estimate of drug-likeness (QED) is 0.0193. The fourth-order valence-electron chi connectivity index (χ4n) is 11.3. The molecular weight excluding hydrogens is 1010 g/mol. The smallest absolute Gasteiger partial charge is 0.394 e. The number of ether oxygens (including phenoxy) is 2. The first-order valence-electron chi connectivity index (χ1n) is 34.1. The van der Waals surface area contributed by atoms with Crippen LogP contribution in [0.15, 0.2) is 12.2 Å². The number of aliphatic hydroxyl groups is 4. The van der Waals surface area contributed by atoms with E-state index in [2.05, 4.69) is 23.3 Å². The van der Waals surface area contributed by atoms with Crippen LogP contribution >= 0.6 is 0 Å². The van der Waals surface area contributed by atoms with Gasteiger partial charge in [-0.25, -0.2) is 4.18 Å². The van der Waals surface area contributed by atoms with Crippen LogP contribution in [0.1, 0.15) is 348 Å². The zero-order valence-corrected chi connectivity index (χ0v) is 52.3. The van der Waals surface area contributed by atoms with Gasteiger partial charge in [0.1, 0.15) is 24.4 Å². The third kappa shape index (κ3) is 47.8. The largest absolute Gasteiger partial charge is 0.397 e. The molecule has 0 saturated carbocycles. The molecule has 0 bridgehead atoms. The minimum absolute atomic E-state index is 0.254. The van der Waals surface area contributed by atoms with Crippen LogP contribution in [0, 0.1) is 0 Å². The maximum Gasteiger partial charge on any atom is 0.397 e. The van der Waals surface area contributed by atoms with Gasteiger partial charge in [0.15, 0.2) is 6.29 Å². The Morgan fingerprint density at radius 2 is 0.797 bits per heavy atom. The number of nitrogens with one attached hydrogen (secondary N) is 1. The van der Waals surface area contributed by atoms with E-state index in [1.54, 1.807) is 6.08 Å². The molecule has 0 aromatic heterocycles. The van der Waals surface area contributed by atoms with E-state index in [1.165, 1.54) is 283 Å². The number of amides is 1. The lowest BCUT2D eigenvalue weighted by atomic mass is 9.99. The van der Waals surface area contributed by atoms with Crippen molar-refractivity contribution in [3.63, 3.8) is 0 Å². The van der Waals surface area contributed by atoms with Crippen molar-refractivity contribution in [2.45, 2.75) is 391 Å². The number of carbonyl (C=O) groups excluding carboxylic acids is 1. The van der Waals surface area contributed by atoms with Crippen LogP contribution in [0.3, 0.4) is 0 Å². The van der Waals surface area contributed by atoms with Crippen LogP contribution in [0.4, 0.5) is 0 Å². The number of carbonyl (C=O) groups is 1. The Labute approximate surface area is 487 Å². The number of aliphatic hydroxyl groups excluding tert-OH is 4. The monoisotopic (exact) mass is 1140 g/mol. The molecule has 6 N–H and O–H groups in total. The molecule has 79 heavy (non-hydrogen) atoms. The van der Waals surface area contributed by atoms with Gasteiger partial charge >= 0.3 is 10.4 Å². The number of rotatable bonds is 61. The molecule has 13 heteroatoms. The topological polar surface area (TPSA) is 192 Å². The van der Waals surface area contributed by atoms with Gasteiger partial charge in [-0.3, -0.25) is 9.35 Å². The number of hydrogen-bond acceptors (Lipinski definition) is 10. The first-order chi connectivity index (χ1) is 38.5. The van der Waals surface area contributed by atoms with E-state index in [-0.39, 0.29) is 18.9 Å². The van der Waals surface area contributed by atoms with Crippen molar-refractivity contribution in [2.24, 2.45) is 0 Å². The van der Waals surface area contributed by atoms with E-state index in [1.807, 2.05) is 6.08 Å². The molecule has 1 fully saturated rings. The van der Waals surface area contributed by atoms with E-state index in [0.717, 1.165) is 38.5 Å². The zero-order chi connectivity index (χ0) is 57.5. The standard InChI is InChI=1S/C66H129NO11S/c1-3-5-7-9-11-13-15-17-19-21-22-23-24-25-26-27-28-29-30-31-32-33-34-35-36-37-38-40-42-44-46-48-50-52-54-56-62(70)67-59(58-76-66-64(72)65(78-79(73,74)75)63(71)61(57-68)77-66)60(69)55-53-51-49-47-45-43-41-39-20-18-16-14-12-10-8-6-4-2/h53,55,59-61,63-66,68-69,71-72H,3-52,54,56-58H2,1-2H3,(H,67,70)(H,73,74,75)/b55-53+. The molecule has 1 aliphatic rings. The second-order valence-electron chi connectivity index (χ2n) is 24.1. The Bertz CT molecular complexity index is 1440. The average Bonchev–Trinajstić information content (AvgIpc) is 3.44. The molecule has 0 radical (unpaired) electrons. The summed E-state index contributed by atoms with van der Waals surface area (Å²) in [6, 6.07) is -0.941. The highest BCUT2D eigenvalue weighted by Gasteiger charge is 2.48. The van der Waals surface area contributed by atoms with Gasteiger partial charge in [0, 0.05) is 6.42 Å². The molecule has 1 rings (SSSR count). The van der Waals surface area contributed by atoms with Gasteiger partial charge in [-0.2, -0.15) is 8.42 Å². The van der Waals surface area contributed by atoms with Crippen LogP contribution in [0.5, 0.6) is 0 Å². The summed E-state index contributed by atoms with van der Waals surface area (Å²) in [5.74, 6) is -0.254. The van der Waals surface area contributed by atoms with E-state index in [0.29, 0.717) is 6.42 Å². The predicted molar refractivity (Wildman–Crippen MR) is 329 cm³/mol. The molecule has 1 heterocycles. The maximum atomic E-state index is 13.2. The van der Waals surface area contributed by atoms with Gasteiger partial charge in [0.2, 0.25) is 5.91 Å². The van der Waals surface area contributed by atoms with Crippen molar-refractivity contribution in [1.29, 1.82) is 0 Å². The molecule has 1 aliphatic heterocycles. The van der Waals surface area contributed by atoms with Crippen molar-refractivity contribution in [2.75, 3.05) is 13.2 Å². The first-order valence-corrected chi connectivity index (χ1v) is 35.4. The summed E-state index contributed by atoms with van der Waals surface area (Å²) in [7, 11) is -5.09. The maximum absolute atomic E-state index is 13.2. The summed E-state index contributed by atoms with van der Waals surface area (Å²) < 4.78 is 47.9. The summed E-state index contributed by atoms with van der Waals surface area (Å²) in [6.45, 7) is 3.45. The number of hydrogen-bond donors (Lipinski definition) is 6. The molecule has 0 aromatic carbocycles. The van der Waals surface area contributed by atoms with Crippen LogP contribution in [0.2, 0.25) is 0 Å². The Morgan fingerprint density at radius 1 is 0.494 bits per heavy atom. The van der Waals surface area contributed by atoms with Crippen molar-refractivity contribution in [3.8, 4) is 0 Å². The molecule has 0 spiro atoms. The highest BCUT2D eigenvalue weighted by atomic mass is 32.3. The second kappa shape index (κ2) is 56.0. The minimum Gasteiger partial charge on any atom is -0.394 e. The SMILES string of the molecule is CCCCCCCCCCCCCCCCC/C=C/C(O)C(COC1OC(CO)C(O)C(OS(=O)(=O)O)C1O)NC(=O)CCCCCCCCCCCCCCCCCCCCCCCCCCCCCCCCCCCCC. The van der Waals surface area contributed by atoms with Crippen molar-refractivity contribution < 1.29 is 51.8 Å². The lowest BCUT2D eigenvalue weighted by molar-refractivity contribution is -0.298. The summed E-state index contributed by atoms with van der Waals surface area (Å²) >= 11 is 0. The number of allylic oxidation sites excluding steroid dienone is 1. The van der Waals surface area contributed by atoms with Crippen LogP contribution in [0.25, 0.3) is 0 Å². The molecule has 12 nitrogen and oxygen atoms in total. The van der Waals surface area contributed by atoms with E-state index < -0.39 is 59.9 Å². The van der Waals surface area contributed by atoms with Gasteiger partial charge in [-0.05, 0) is 19.3 Å².